The number of esters is 2. The Balaban J connectivity index is 1.64. The highest BCUT2D eigenvalue weighted by molar-refractivity contribution is 7.13. The molecule has 0 saturated heterocycles. The van der Waals surface area contributed by atoms with Gasteiger partial charge in [0.2, 0.25) is 0 Å². The van der Waals surface area contributed by atoms with E-state index < -0.39 is 11.9 Å². The van der Waals surface area contributed by atoms with Crippen LogP contribution in [0.4, 0.5) is 0 Å². The second-order valence-electron chi connectivity index (χ2n) is 5.49. The van der Waals surface area contributed by atoms with Crippen LogP contribution in [0.5, 0.6) is 5.75 Å². The van der Waals surface area contributed by atoms with Crippen molar-refractivity contribution in [1.29, 1.82) is 0 Å². The minimum Gasteiger partial charge on any atom is -0.496 e. The smallest absolute Gasteiger partial charge is 0.338 e. The fourth-order valence-corrected chi connectivity index (χ4v) is 3.24. The zero-order valence-electron chi connectivity index (χ0n) is 14.8. The monoisotopic (exact) mass is 383 g/mol. The van der Waals surface area contributed by atoms with Gasteiger partial charge in [-0.25, -0.2) is 14.6 Å². The normalized spacial score (nSPS) is 10.3. The van der Waals surface area contributed by atoms with Crippen LogP contribution in [0.15, 0.2) is 53.9 Å². The molecule has 0 N–H and O–H groups in total. The summed E-state index contributed by atoms with van der Waals surface area (Å²) in [6.45, 7) is 0.0588. The first-order chi connectivity index (χ1) is 13.1. The van der Waals surface area contributed by atoms with E-state index >= 15 is 0 Å². The van der Waals surface area contributed by atoms with Crippen molar-refractivity contribution in [3.8, 4) is 16.3 Å². The van der Waals surface area contributed by atoms with E-state index in [0.717, 1.165) is 16.3 Å². The molecule has 0 radical (unpaired) electrons. The summed E-state index contributed by atoms with van der Waals surface area (Å²) in [7, 11) is 2.91. The van der Waals surface area contributed by atoms with E-state index in [0.29, 0.717) is 16.8 Å². The summed E-state index contributed by atoms with van der Waals surface area (Å²) in [6, 6.07) is 13.7. The molecule has 3 aromatic rings. The van der Waals surface area contributed by atoms with E-state index in [1.165, 1.54) is 42.7 Å². The molecule has 0 saturated carbocycles. The molecule has 0 aliphatic rings. The van der Waals surface area contributed by atoms with Gasteiger partial charge < -0.3 is 14.2 Å². The molecule has 0 spiro atoms. The van der Waals surface area contributed by atoms with Crippen molar-refractivity contribution in [2.75, 3.05) is 14.2 Å². The topological polar surface area (TPSA) is 74.7 Å². The van der Waals surface area contributed by atoms with E-state index in [1.807, 2.05) is 29.6 Å². The Bertz CT molecular complexity index is 949. The lowest BCUT2D eigenvalue weighted by molar-refractivity contribution is 0.0467. The summed E-state index contributed by atoms with van der Waals surface area (Å²) in [4.78, 5) is 28.1. The van der Waals surface area contributed by atoms with Crippen LogP contribution in [0, 0.1) is 0 Å². The number of carbonyl (C=O) groups excluding carboxylic acids is 2. The Morgan fingerprint density at radius 2 is 1.63 bits per heavy atom. The van der Waals surface area contributed by atoms with Gasteiger partial charge in [-0.2, -0.15) is 0 Å². The van der Waals surface area contributed by atoms with Gasteiger partial charge in [-0.15, -0.1) is 11.3 Å². The van der Waals surface area contributed by atoms with E-state index in [9.17, 15) is 9.59 Å². The highest BCUT2D eigenvalue weighted by Gasteiger charge is 2.13. The number of hydrogen-bond acceptors (Lipinski definition) is 7. The van der Waals surface area contributed by atoms with Gasteiger partial charge in [0.1, 0.15) is 17.4 Å². The number of methoxy groups -OCH3 is 2. The number of nitrogens with zero attached hydrogens (tertiary/aromatic N) is 1. The Hall–Kier alpha value is -3.19. The fraction of sp³-hybridized carbons (Fsp3) is 0.150. The molecule has 3 rings (SSSR count). The number of carbonyl (C=O) groups is 2. The van der Waals surface area contributed by atoms with Crippen LogP contribution in [-0.4, -0.2) is 31.1 Å². The molecule has 0 aliphatic heterocycles. The van der Waals surface area contributed by atoms with Crippen molar-refractivity contribution in [2.24, 2.45) is 0 Å². The molecule has 6 nitrogen and oxygen atoms in total. The molecule has 138 valence electrons. The van der Waals surface area contributed by atoms with Crippen LogP contribution in [0.25, 0.3) is 10.6 Å². The number of ether oxygens (including phenoxy) is 3. The summed E-state index contributed by atoms with van der Waals surface area (Å²) in [5.41, 5.74) is 2.26. The number of rotatable bonds is 6. The summed E-state index contributed by atoms with van der Waals surface area (Å²) in [5, 5.41) is 2.64. The molecule has 0 aliphatic carbocycles. The van der Waals surface area contributed by atoms with Gasteiger partial charge in [-0.1, -0.05) is 12.1 Å². The maximum Gasteiger partial charge on any atom is 0.338 e. The number of para-hydroxylation sites is 1. The van der Waals surface area contributed by atoms with Crippen LogP contribution in [0.3, 0.4) is 0 Å². The fourth-order valence-electron chi connectivity index (χ4n) is 2.40. The lowest BCUT2D eigenvalue weighted by Crippen LogP contribution is -2.07. The Morgan fingerprint density at radius 3 is 2.30 bits per heavy atom. The van der Waals surface area contributed by atoms with Gasteiger partial charge in [0, 0.05) is 5.38 Å². The van der Waals surface area contributed by atoms with Crippen LogP contribution >= 0.6 is 11.3 Å². The standard InChI is InChI=1S/C20H17NO5S/c1-24-17-6-4-3-5-16(17)18-21-15(12-27-18)11-26-20(23)14-9-7-13(8-10-14)19(22)25-2/h3-10,12H,11H2,1-2H3. The predicted octanol–water partition coefficient (Wildman–Crippen LogP) is 3.96. The first-order valence-corrected chi connectivity index (χ1v) is 8.93. The minimum absolute atomic E-state index is 0.0588. The van der Waals surface area contributed by atoms with Crippen molar-refractivity contribution in [3.63, 3.8) is 0 Å². The van der Waals surface area contributed by atoms with Crippen molar-refractivity contribution in [2.45, 2.75) is 6.61 Å². The molecule has 0 fully saturated rings. The third kappa shape index (κ3) is 4.32. The van der Waals surface area contributed by atoms with Crippen LogP contribution in [0.2, 0.25) is 0 Å². The maximum atomic E-state index is 12.2. The number of thiazole rings is 1. The average molecular weight is 383 g/mol. The second-order valence-corrected chi connectivity index (χ2v) is 6.35. The molecule has 0 amide bonds. The van der Waals surface area contributed by atoms with Crippen molar-refractivity contribution < 1.29 is 23.8 Å². The van der Waals surface area contributed by atoms with Crippen molar-refractivity contribution in [1.82, 2.24) is 4.98 Å². The number of aromatic nitrogens is 1. The van der Waals surface area contributed by atoms with Gasteiger partial charge in [0.15, 0.2) is 0 Å². The Labute approximate surface area is 160 Å². The Kier molecular flexibility index (Phi) is 5.83. The number of hydrogen-bond donors (Lipinski definition) is 0. The van der Waals surface area contributed by atoms with Gasteiger partial charge in [0.25, 0.3) is 0 Å². The number of benzene rings is 2. The van der Waals surface area contributed by atoms with Crippen LogP contribution in [0.1, 0.15) is 26.4 Å². The first-order valence-electron chi connectivity index (χ1n) is 8.05. The van der Waals surface area contributed by atoms with Crippen LogP contribution < -0.4 is 4.74 Å². The van der Waals surface area contributed by atoms with E-state index in [2.05, 4.69) is 9.72 Å². The van der Waals surface area contributed by atoms with Gasteiger partial charge in [-0.05, 0) is 36.4 Å². The van der Waals surface area contributed by atoms with Gasteiger partial charge >= 0.3 is 11.9 Å². The molecule has 0 bridgehead atoms. The average Bonchev–Trinajstić information content (AvgIpc) is 3.20. The summed E-state index contributed by atoms with van der Waals surface area (Å²) < 4.78 is 15.3. The lowest BCUT2D eigenvalue weighted by Gasteiger charge is -2.05. The van der Waals surface area contributed by atoms with Crippen LogP contribution in [-0.2, 0) is 16.1 Å². The predicted molar refractivity (Wildman–Crippen MR) is 101 cm³/mol. The molecular formula is C20H17NO5S. The highest BCUT2D eigenvalue weighted by atomic mass is 32.1. The largest absolute Gasteiger partial charge is 0.496 e. The lowest BCUT2D eigenvalue weighted by atomic mass is 10.1. The van der Waals surface area contributed by atoms with E-state index in [4.69, 9.17) is 9.47 Å². The van der Waals surface area contributed by atoms with Crippen molar-refractivity contribution in [3.05, 3.63) is 70.7 Å². The quantitative estimate of drug-likeness (QED) is 0.600. The minimum atomic E-state index is -0.488. The second kappa shape index (κ2) is 8.46. The zero-order valence-corrected chi connectivity index (χ0v) is 15.6. The summed E-state index contributed by atoms with van der Waals surface area (Å²) in [5.74, 6) is -0.208. The zero-order chi connectivity index (χ0) is 19.2. The van der Waals surface area contributed by atoms with E-state index in [-0.39, 0.29) is 6.61 Å². The van der Waals surface area contributed by atoms with E-state index in [1.54, 1.807) is 7.11 Å². The van der Waals surface area contributed by atoms with Gasteiger partial charge in [-0.3, -0.25) is 0 Å². The maximum absolute atomic E-state index is 12.2. The SMILES string of the molecule is COC(=O)c1ccc(C(=O)OCc2csc(-c3ccccc3OC)n2)cc1. The summed E-state index contributed by atoms with van der Waals surface area (Å²) >= 11 is 1.45. The first kappa shape index (κ1) is 18.6. The Morgan fingerprint density at radius 1 is 0.963 bits per heavy atom. The molecule has 2 aromatic carbocycles. The molecule has 1 aromatic heterocycles. The summed E-state index contributed by atoms with van der Waals surface area (Å²) in [6.07, 6.45) is 0. The third-order valence-corrected chi connectivity index (χ3v) is 4.71. The highest BCUT2D eigenvalue weighted by Crippen LogP contribution is 2.32. The molecule has 1 heterocycles. The third-order valence-electron chi connectivity index (χ3n) is 3.78. The van der Waals surface area contributed by atoms with Crippen molar-refractivity contribution >= 4 is 23.3 Å². The molecule has 0 unspecified atom stereocenters. The van der Waals surface area contributed by atoms with Gasteiger partial charge in [0.05, 0.1) is 36.6 Å². The molecule has 0 atom stereocenters. The molecular weight excluding hydrogens is 366 g/mol. The molecule has 7 heteroatoms. The molecule has 27 heavy (non-hydrogen) atoms.